The van der Waals surface area contributed by atoms with Gasteiger partial charge in [0.25, 0.3) is 5.91 Å². The molecule has 1 saturated heterocycles. The molecule has 2 heterocycles. The molecule has 5 nitrogen and oxygen atoms in total. The SMILES string of the molecule is O=C(O)[C@@H]1CCCN(C(=O)c2ccc(Br)cn2)C1. The normalized spacial score (nSPS) is 19.6. The summed E-state index contributed by atoms with van der Waals surface area (Å²) in [6.45, 7) is 0.867. The van der Waals surface area contributed by atoms with Gasteiger partial charge in [-0.05, 0) is 40.9 Å². The van der Waals surface area contributed by atoms with Gasteiger partial charge in [0.05, 0.1) is 5.92 Å². The molecule has 0 bridgehead atoms. The van der Waals surface area contributed by atoms with Crippen molar-refractivity contribution in [1.82, 2.24) is 9.88 Å². The van der Waals surface area contributed by atoms with E-state index in [1.165, 1.54) is 0 Å². The molecular weight excluding hydrogens is 300 g/mol. The Morgan fingerprint density at radius 1 is 1.44 bits per heavy atom. The van der Waals surface area contributed by atoms with E-state index in [-0.39, 0.29) is 12.5 Å². The number of amides is 1. The molecule has 1 aliphatic rings. The number of halogens is 1. The van der Waals surface area contributed by atoms with Crippen LogP contribution in [-0.2, 0) is 4.79 Å². The summed E-state index contributed by atoms with van der Waals surface area (Å²) in [5.41, 5.74) is 0.351. The van der Waals surface area contributed by atoms with Crippen LogP contribution >= 0.6 is 15.9 Å². The van der Waals surface area contributed by atoms with Crippen molar-refractivity contribution >= 4 is 27.8 Å². The summed E-state index contributed by atoms with van der Waals surface area (Å²) in [5, 5.41) is 8.98. The number of piperidine rings is 1. The Labute approximate surface area is 113 Å². The molecule has 1 N–H and O–H groups in total. The molecule has 0 radical (unpaired) electrons. The minimum Gasteiger partial charge on any atom is -0.481 e. The van der Waals surface area contributed by atoms with Crippen LogP contribution in [0.5, 0.6) is 0 Å². The van der Waals surface area contributed by atoms with E-state index in [4.69, 9.17) is 5.11 Å². The Bertz CT molecular complexity index is 461. The number of hydrogen-bond acceptors (Lipinski definition) is 3. The van der Waals surface area contributed by atoms with E-state index in [1.54, 1.807) is 23.2 Å². The lowest BCUT2D eigenvalue weighted by molar-refractivity contribution is -0.143. The maximum Gasteiger partial charge on any atom is 0.308 e. The lowest BCUT2D eigenvalue weighted by Gasteiger charge is -2.30. The fourth-order valence-corrected chi connectivity index (χ4v) is 2.26. The van der Waals surface area contributed by atoms with Gasteiger partial charge in [0, 0.05) is 23.8 Å². The van der Waals surface area contributed by atoms with Crippen LogP contribution in [0.15, 0.2) is 22.8 Å². The van der Waals surface area contributed by atoms with Gasteiger partial charge in [-0.15, -0.1) is 0 Å². The maximum absolute atomic E-state index is 12.1. The van der Waals surface area contributed by atoms with E-state index < -0.39 is 11.9 Å². The van der Waals surface area contributed by atoms with Crippen LogP contribution in [0.25, 0.3) is 0 Å². The third-order valence-electron chi connectivity index (χ3n) is 3.00. The molecule has 1 atom stereocenters. The first-order chi connectivity index (χ1) is 8.58. The highest BCUT2D eigenvalue weighted by atomic mass is 79.9. The summed E-state index contributed by atoms with van der Waals surface area (Å²) in [6.07, 6.45) is 2.91. The summed E-state index contributed by atoms with van der Waals surface area (Å²) in [5.74, 6) is -1.50. The topological polar surface area (TPSA) is 70.5 Å². The largest absolute Gasteiger partial charge is 0.481 e. The quantitative estimate of drug-likeness (QED) is 0.903. The number of likely N-dealkylation sites (tertiary alicyclic amines) is 1. The van der Waals surface area contributed by atoms with Crippen molar-refractivity contribution in [3.8, 4) is 0 Å². The third kappa shape index (κ3) is 2.87. The Morgan fingerprint density at radius 2 is 2.22 bits per heavy atom. The molecule has 0 unspecified atom stereocenters. The summed E-state index contributed by atoms with van der Waals surface area (Å²) < 4.78 is 0.807. The Hall–Kier alpha value is -1.43. The molecule has 0 saturated carbocycles. The first-order valence-corrected chi connectivity index (χ1v) is 6.51. The van der Waals surface area contributed by atoms with Gasteiger partial charge in [-0.1, -0.05) is 0 Å². The van der Waals surface area contributed by atoms with Gasteiger partial charge >= 0.3 is 5.97 Å². The van der Waals surface area contributed by atoms with Crippen molar-refractivity contribution in [2.75, 3.05) is 13.1 Å². The van der Waals surface area contributed by atoms with Crippen molar-refractivity contribution < 1.29 is 14.7 Å². The van der Waals surface area contributed by atoms with Gasteiger partial charge in [-0.25, -0.2) is 4.98 Å². The molecular formula is C12H13BrN2O3. The smallest absolute Gasteiger partial charge is 0.308 e. The molecule has 1 aliphatic heterocycles. The van der Waals surface area contributed by atoms with E-state index in [2.05, 4.69) is 20.9 Å². The first kappa shape index (κ1) is 13.0. The molecule has 1 aromatic rings. The average molecular weight is 313 g/mol. The van der Waals surface area contributed by atoms with Crippen LogP contribution in [0.2, 0.25) is 0 Å². The van der Waals surface area contributed by atoms with Crippen molar-refractivity contribution in [2.45, 2.75) is 12.8 Å². The van der Waals surface area contributed by atoms with E-state index >= 15 is 0 Å². The zero-order chi connectivity index (χ0) is 13.1. The second-order valence-electron chi connectivity index (χ2n) is 4.29. The fourth-order valence-electron chi connectivity index (χ4n) is 2.03. The second-order valence-corrected chi connectivity index (χ2v) is 5.21. The fraction of sp³-hybridized carbons (Fsp3) is 0.417. The number of aromatic nitrogens is 1. The van der Waals surface area contributed by atoms with Crippen LogP contribution in [0.4, 0.5) is 0 Å². The lowest BCUT2D eigenvalue weighted by Crippen LogP contribution is -2.42. The number of carbonyl (C=O) groups is 2. The monoisotopic (exact) mass is 312 g/mol. The zero-order valence-electron chi connectivity index (χ0n) is 9.67. The van der Waals surface area contributed by atoms with E-state index in [0.29, 0.717) is 18.7 Å². The predicted molar refractivity (Wildman–Crippen MR) is 68.2 cm³/mol. The van der Waals surface area contributed by atoms with Crippen LogP contribution < -0.4 is 0 Å². The Morgan fingerprint density at radius 3 is 2.83 bits per heavy atom. The van der Waals surface area contributed by atoms with E-state index in [0.717, 1.165) is 10.9 Å². The van der Waals surface area contributed by atoms with E-state index in [1.807, 2.05) is 0 Å². The van der Waals surface area contributed by atoms with Crippen molar-refractivity contribution in [1.29, 1.82) is 0 Å². The number of nitrogens with zero attached hydrogens (tertiary/aromatic N) is 2. The highest BCUT2D eigenvalue weighted by Gasteiger charge is 2.28. The highest BCUT2D eigenvalue weighted by molar-refractivity contribution is 9.10. The van der Waals surface area contributed by atoms with Crippen LogP contribution in [0.1, 0.15) is 23.3 Å². The predicted octanol–water partition coefficient (Wildman–Crippen LogP) is 1.78. The summed E-state index contributed by atoms with van der Waals surface area (Å²) in [7, 11) is 0. The van der Waals surface area contributed by atoms with Crippen molar-refractivity contribution in [3.05, 3.63) is 28.5 Å². The number of aliphatic carboxylic acids is 1. The number of rotatable bonds is 2. The third-order valence-corrected chi connectivity index (χ3v) is 3.47. The number of carbonyl (C=O) groups excluding carboxylic acids is 1. The van der Waals surface area contributed by atoms with Crippen LogP contribution in [-0.4, -0.2) is 40.0 Å². The second kappa shape index (κ2) is 5.48. The molecule has 18 heavy (non-hydrogen) atoms. The van der Waals surface area contributed by atoms with Crippen molar-refractivity contribution in [2.24, 2.45) is 5.92 Å². The maximum atomic E-state index is 12.1. The number of pyridine rings is 1. The standard InChI is InChI=1S/C12H13BrN2O3/c13-9-3-4-10(14-6-9)11(16)15-5-1-2-8(7-15)12(17)18/h3-4,6,8H,1-2,5,7H2,(H,17,18)/t8-/m1/s1. The Balaban J connectivity index is 2.09. The average Bonchev–Trinajstić information content (AvgIpc) is 2.39. The molecule has 6 heteroatoms. The summed E-state index contributed by atoms with van der Waals surface area (Å²) in [4.78, 5) is 28.7. The van der Waals surface area contributed by atoms with Crippen molar-refractivity contribution in [3.63, 3.8) is 0 Å². The van der Waals surface area contributed by atoms with Gasteiger partial charge in [-0.3, -0.25) is 9.59 Å². The summed E-state index contributed by atoms with van der Waals surface area (Å²) >= 11 is 3.25. The van der Waals surface area contributed by atoms with Gasteiger partial charge < -0.3 is 10.0 Å². The highest BCUT2D eigenvalue weighted by Crippen LogP contribution is 2.18. The molecule has 96 valence electrons. The Kier molecular flexibility index (Phi) is 3.96. The molecule has 0 aromatic carbocycles. The van der Waals surface area contributed by atoms with Crippen LogP contribution in [0, 0.1) is 5.92 Å². The molecule has 1 amide bonds. The minimum atomic E-state index is -0.837. The molecule has 2 rings (SSSR count). The molecule has 0 aliphatic carbocycles. The zero-order valence-corrected chi connectivity index (χ0v) is 11.3. The summed E-state index contributed by atoms with van der Waals surface area (Å²) in [6, 6.07) is 3.38. The van der Waals surface area contributed by atoms with Crippen LogP contribution in [0.3, 0.4) is 0 Å². The van der Waals surface area contributed by atoms with E-state index in [9.17, 15) is 9.59 Å². The minimum absolute atomic E-state index is 0.201. The van der Waals surface area contributed by atoms with Gasteiger partial charge in [0.1, 0.15) is 5.69 Å². The number of carboxylic acid groups (broad SMARTS) is 1. The first-order valence-electron chi connectivity index (χ1n) is 5.71. The molecule has 1 aromatic heterocycles. The molecule has 0 spiro atoms. The number of carboxylic acids is 1. The van der Waals surface area contributed by atoms with Gasteiger partial charge in [0.2, 0.25) is 0 Å². The molecule has 1 fully saturated rings. The lowest BCUT2D eigenvalue weighted by atomic mass is 9.98. The van der Waals surface area contributed by atoms with Gasteiger partial charge in [0.15, 0.2) is 0 Å². The van der Waals surface area contributed by atoms with Gasteiger partial charge in [-0.2, -0.15) is 0 Å². The number of hydrogen-bond donors (Lipinski definition) is 1.